The van der Waals surface area contributed by atoms with E-state index in [1.165, 1.54) is 4.90 Å². The van der Waals surface area contributed by atoms with E-state index >= 15 is 0 Å². The number of hydrogen-bond donors (Lipinski definition) is 1. The summed E-state index contributed by atoms with van der Waals surface area (Å²) in [5.41, 5.74) is 1.59. The molecule has 1 aromatic carbocycles. The molecule has 1 aliphatic rings. The summed E-state index contributed by atoms with van der Waals surface area (Å²) in [6, 6.07) is 10.7. The quantitative estimate of drug-likeness (QED) is 0.946. The molecule has 5 nitrogen and oxygen atoms in total. The number of nitrogens with zero attached hydrogens (tertiary/aromatic N) is 2. The summed E-state index contributed by atoms with van der Waals surface area (Å²) in [6.45, 7) is 0.415. The minimum absolute atomic E-state index is 0.0274. The fourth-order valence-electron chi connectivity index (χ4n) is 2.26. The largest absolute Gasteiger partial charge is 0.325 e. The maximum Gasteiger partial charge on any atom is 0.254 e. The van der Waals surface area contributed by atoms with Gasteiger partial charge in [0, 0.05) is 18.3 Å². The molecule has 0 fully saturated rings. The number of fused-ring (bicyclic) bond motifs is 1. The Balaban J connectivity index is 1.67. The van der Waals surface area contributed by atoms with E-state index in [4.69, 9.17) is 11.6 Å². The molecule has 2 amide bonds. The highest BCUT2D eigenvalue weighted by Crippen LogP contribution is 2.22. The maximum atomic E-state index is 12.2. The predicted molar refractivity (Wildman–Crippen MR) is 79.1 cm³/mol. The summed E-state index contributed by atoms with van der Waals surface area (Å²) in [7, 11) is 0. The van der Waals surface area contributed by atoms with Crippen LogP contribution >= 0.6 is 11.6 Å². The van der Waals surface area contributed by atoms with E-state index < -0.39 is 0 Å². The second-order valence-corrected chi connectivity index (χ2v) is 5.11. The number of pyridine rings is 1. The SMILES string of the molecule is O=C(CN1Cc2ccccc2C1=O)Nc1ncccc1Cl. The molecule has 0 radical (unpaired) electrons. The van der Waals surface area contributed by atoms with Crippen LogP contribution in [0, 0.1) is 0 Å². The lowest BCUT2D eigenvalue weighted by Crippen LogP contribution is -2.33. The normalized spacial score (nSPS) is 13.2. The first kappa shape index (κ1) is 13.6. The number of hydrogen-bond acceptors (Lipinski definition) is 3. The van der Waals surface area contributed by atoms with Crippen LogP contribution in [0.2, 0.25) is 5.02 Å². The zero-order chi connectivity index (χ0) is 14.8. The van der Waals surface area contributed by atoms with Gasteiger partial charge in [-0.25, -0.2) is 4.98 Å². The van der Waals surface area contributed by atoms with Crippen molar-refractivity contribution in [1.82, 2.24) is 9.88 Å². The smallest absolute Gasteiger partial charge is 0.254 e. The number of anilines is 1. The van der Waals surface area contributed by atoms with Gasteiger partial charge >= 0.3 is 0 Å². The summed E-state index contributed by atoms with van der Waals surface area (Å²) < 4.78 is 0. The van der Waals surface area contributed by atoms with Crippen LogP contribution in [0.1, 0.15) is 15.9 Å². The van der Waals surface area contributed by atoms with E-state index in [0.29, 0.717) is 22.9 Å². The summed E-state index contributed by atoms with van der Waals surface area (Å²) in [5, 5.41) is 2.97. The number of halogens is 1. The second kappa shape index (κ2) is 5.54. The molecule has 0 bridgehead atoms. The standard InChI is InChI=1S/C15H12ClN3O2/c16-12-6-3-7-17-14(12)18-13(20)9-19-8-10-4-1-2-5-11(10)15(19)21/h1-7H,8-9H2,(H,17,18,20). The first-order valence-corrected chi connectivity index (χ1v) is 6.80. The first-order chi connectivity index (χ1) is 10.1. The molecular weight excluding hydrogens is 290 g/mol. The van der Waals surface area contributed by atoms with Gasteiger partial charge in [0.15, 0.2) is 5.82 Å². The van der Waals surface area contributed by atoms with Crippen LogP contribution in [0.3, 0.4) is 0 Å². The summed E-state index contributed by atoms with van der Waals surface area (Å²) in [5.74, 6) is -0.155. The van der Waals surface area contributed by atoms with Gasteiger partial charge in [0.1, 0.15) is 6.54 Å². The molecule has 1 N–H and O–H groups in total. The van der Waals surface area contributed by atoms with Gasteiger partial charge in [-0.05, 0) is 23.8 Å². The van der Waals surface area contributed by atoms with Gasteiger partial charge in [0.2, 0.25) is 5.91 Å². The predicted octanol–water partition coefficient (Wildman–Crippen LogP) is 2.33. The monoisotopic (exact) mass is 301 g/mol. The zero-order valence-electron chi connectivity index (χ0n) is 11.0. The van der Waals surface area contributed by atoms with Crippen LogP contribution < -0.4 is 5.32 Å². The Morgan fingerprint density at radius 2 is 2.10 bits per heavy atom. The van der Waals surface area contributed by atoms with Crippen molar-refractivity contribution < 1.29 is 9.59 Å². The lowest BCUT2D eigenvalue weighted by Gasteiger charge is -2.15. The molecule has 2 heterocycles. The van der Waals surface area contributed by atoms with Crippen LogP contribution in [-0.2, 0) is 11.3 Å². The highest BCUT2D eigenvalue weighted by molar-refractivity contribution is 6.33. The van der Waals surface area contributed by atoms with E-state index in [0.717, 1.165) is 5.56 Å². The minimum atomic E-state index is -0.322. The topological polar surface area (TPSA) is 62.3 Å². The number of rotatable bonds is 3. The molecule has 3 rings (SSSR count). The van der Waals surface area contributed by atoms with Crippen molar-refractivity contribution in [3.63, 3.8) is 0 Å². The highest BCUT2D eigenvalue weighted by Gasteiger charge is 2.28. The van der Waals surface area contributed by atoms with E-state index in [-0.39, 0.29) is 18.4 Å². The first-order valence-electron chi connectivity index (χ1n) is 6.42. The molecule has 0 aliphatic carbocycles. The Labute approximate surface area is 126 Å². The minimum Gasteiger partial charge on any atom is -0.325 e. The number of carbonyl (C=O) groups excluding carboxylic acids is 2. The van der Waals surface area contributed by atoms with Crippen molar-refractivity contribution in [3.05, 3.63) is 58.7 Å². The average Bonchev–Trinajstić information content (AvgIpc) is 2.78. The molecule has 0 atom stereocenters. The van der Waals surface area contributed by atoms with E-state index in [9.17, 15) is 9.59 Å². The van der Waals surface area contributed by atoms with Gasteiger partial charge < -0.3 is 10.2 Å². The van der Waals surface area contributed by atoms with Crippen molar-refractivity contribution in [2.75, 3.05) is 11.9 Å². The lowest BCUT2D eigenvalue weighted by atomic mass is 10.1. The highest BCUT2D eigenvalue weighted by atomic mass is 35.5. The Bertz CT molecular complexity index is 718. The molecule has 21 heavy (non-hydrogen) atoms. The molecule has 0 spiro atoms. The van der Waals surface area contributed by atoms with Crippen LogP contribution in [0.25, 0.3) is 0 Å². The van der Waals surface area contributed by atoms with Crippen LogP contribution in [0.5, 0.6) is 0 Å². The maximum absolute atomic E-state index is 12.2. The van der Waals surface area contributed by atoms with Gasteiger partial charge in [0.05, 0.1) is 5.02 Å². The van der Waals surface area contributed by atoms with Gasteiger partial charge in [-0.2, -0.15) is 0 Å². The van der Waals surface area contributed by atoms with E-state index in [1.807, 2.05) is 18.2 Å². The summed E-state index contributed by atoms with van der Waals surface area (Å²) in [4.78, 5) is 29.7. The number of nitrogens with one attached hydrogen (secondary N) is 1. The van der Waals surface area contributed by atoms with Gasteiger partial charge in [0.25, 0.3) is 5.91 Å². The van der Waals surface area contributed by atoms with Crippen molar-refractivity contribution >= 4 is 29.2 Å². The van der Waals surface area contributed by atoms with Crippen molar-refractivity contribution in [2.45, 2.75) is 6.54 Å². The number of amides is 2. The average molecular weight is 302 g/mol. The van der Waals surface area contributed by atoms with Crippen molar-refractivity contribution in [2.24, 2.45) is 0 Å². The third-order valence-electron chi connectivity index (χ3n) is 3.25. The Hall–Kier alpha value is -2.40. The summed E-state index contributed by atoms with van der Waals surface area (Å²) >= 11 is 5.93. The molecule has 1 aromatic heterocycles. The Morgan fingerprint density at radius 1 is 1.29 bits per heavy atom. The second-order valence-electron chi connectivity index (χ2n) is 4.70. The Morgan fingerprint density at radius 3 is 2.86 bits per heavy atom. The molecule has 6 heteroatoms. The van der Waals surface area contributed by atoms with Crippen molar-refractivity contribution in [3.8, 4) is 0 Å². The van der Waals surface area contributed by atoms with E-state index in [2.05, 4.69) is 10.3 Å². The molecular formula is C15H12ClN3O2. The van der Waals surface area contributed by atoms with Gasteiger partial charge in [-0.3, -0.25) is 9.59 Å². The van der Waals surface area contributed by atoms with Crippen molar-refractivity contribution in [1.29, 1.82) is 0 Å². The molecule has 0 saturated heterocycles. The third kappa shape index (κ3) is 2.73. The van der Waals surface area contributed by atoms with Gasteiger partial charge in [-0.1, -0.05) is 29.8 Å². The molecule has 1 aliphatic heterocycles. The lowest BCUT2D eigenvalue weighted by molar-refractivity contribution is -0.116. The Kier molecular flexibility index (Phi) is 3.58. The van der Waals surface area contributed by atoms with Crippen LogP contribution in [0.4, 0.5) is 5.82 Å². The molecule has 0 unspecified atom stereocenters. The number of aromatic nitrogens is 1. The van der Waals surface area contributed by atoms with Crippen LogP contribution in [0.15, 0.2) is 42.6 Å². The van der Waals surface area contributed by atoms with Crippen LogP contribution in [-0.4, -0.2) is 28.2 Å². The summed E-state index contributed by atoms with van der Waals surface area (Å²) in [6.07, 6.45) is 1.54. The number of carbonyl (C=O) groups is 2. The van der Waals surface area contributed by atoms with E-state index in [1.54, 1.807) is 24.4 Å². The zero-order valence-corrected chi connectivity index (χ0v) is 11.8. The molecule has 2 aromatic rings. The third-order valence-corrected chi connectivity index (χ3v) is 3.55. The fourth-order valence-corrected chi connectivity index (χ4v) is 2.43. The molecule has 106 valence electrons. The molecule has 0 saturated carbocycles. The van der Waals surface area contributed by atoms with Gasteiger partial charge in [-0.15, -0.1) is 0 Å². The number of benzene rings is 1. The fraction of sp³-hybridized carbons (Fsp3) is 0.133.